The maximum absolute atomic E-state index is 11.5. The Hall–Kier alpha value is -0.610. The van der Waals surface area contributed by atoms with Crippen LogP contribution >= 0.6 is 0 Å². The van der Waals surface area contributed by atoms with E-state index in [0.717, 1.165) is 12.8 Å². The molecule has 0 saturated heterocycles. The molecule has 0 saturated carbocycles. The van der Waals surface area contributed by atoms with Crippen molar-refractivity contribution < 1.29 is 19.7 Å². The van der Waals surface area contributed by atoms with Gasteiger partial charge in [-0.3, -0.25) is 4.79 Å². The lowest BCUT2D eigenvalue weighted by atomic mass is 10.0. The zero-order valence-electron chi connectivity index (χ0n) is 23.6. The van der Waals surface area contributed by atoms with Gasteiger partial charge in [-0.05, 0) is 6.42 Å². The van der Waals surface area contributed by atoms with Crippen LogP contribution in [-0.2, 0) is 9.53 Å². The summed E-state index contributed by atoms with van der Waals surface area (Å²) in [5.74, 6) is -0.272. The number of carbonyl (C=O) groups is 1. The summed E-state index contributed by atoms with van der Waals surface area (Å²) in [7, 11) is 0. The second-order valence-electron chi connectivity index (χ2n) is 10.8. The molecule has 1 atom stereocenters. The lowest BCUT2D eigenvalue weighted by Gasteiger charge is -2.08. The summed E-state index contributed by atoms with van der Waals surface area (Å²) in [4.78, 5) is 11.5. The summed E-state index contributed by atoms with van der Waals surface area (Å²) < 4.78 is 4.90. The van der Waals surface area contributed by atoms with Crippen LogP contribution in [0.15, 0.2) is 0 Å². The van der Waals surface area contributed by atoms with Gasteiger partial charge in [-0.15, -0.1) is 0 Å². The van der Waals surface area contributed by atoms with Gasteiger partial charge in [-0.2, -0.15) is 0 Å². The summed E-state index contributed by atoms with van der Waals surface area (Å²) in [5.41, 5.74) is 0. The van der Waals surface area contributed by atoms with Crippen LogP contribution in [0.25, 0.3) is 0 Å². The van der Waals surface area contributed by atoms with E-state index in [1.807, 2.05) is 0 Å². The highest BCUT2D eigenvalue weighted by molar-refractivity contribution is 5.69. The molecule has 0 rings (SSSR count). The van der Waals surface area contributed by atoms with Gasteiger partial charge >= 0.3 is 5.97 Å². The number of ether oxygens (including phenoxy) is 1. The van der Waals surface area contributed by atoms with Crippen molar-refractivity contribution in [2.45, 2.75) is 180 Å². The van der Waals surface area contributed by atoms with Gasteiger partial charge in [0, 0.05) is 6.42 Å². The minimum absolute atomic E-state index is 0.102. The lowest BCUT2D eigenvalue weighted by Crippen LogP contribution is -2.21. The molecule has 210 valence electrons. The van der Waals surface area contributed by atoms with E-state index >= 15 is 0 Å². The molecule has 0 amide bonds. The number of rotatable bonds is 29. The zero-order chi connectivity index (χ0) is 25.7. The van der Waals surface area contributed by atoms with E-state index in [4.69, 9.17) is 14.9 Å². The van der Waals surface area contributed by atoms with Gasteiger partial charge in [0.15, 0.2) is 0 Å². The number of hydrogen-bond donors (Lipinski definition) is 2. The molecule has 0 spiro atoms. The third-order valence-electron chi connectivity index (χ3n) is 7.13. The quantitative estimate of drug-likeness (QED) is 0.0797. The standard InChI is InChI=1S/C31H62O4/c1-2-3-4-5-6-7-8-9-10-11-12-13-14-15-16-17-18-19-20-21-22-23-24-25-26-27-31(34)35-29-30(33)28-32/h30,32-33H,2-29H2,1H3. The van der Waals surface area contributed by atoms with Gasteiger partial charge in [0.25, 0.3) is 0 Å². The number of unbranched alkanes of at least 4 members (excludes halogenated alkanes) is 24. The Labute approximate surface area is 219 Å². The van der Waals surface area contributed by atoms with Gasteiger partial charge in [-0.25, -0.2) is 0 Å². The Balaban J connectivity index is 3.09. The van der Waals surface area contributed by atoms with Crippen LogP contribution in [0.5, 0.6) is 0 Å². The fourth-order valence-electron chi connectivity index (χ4n) is 4.72. The predicted molar refractivity (Wildman–Crippen MR) is 150 cm³/mol. The van der Waals surface area contributed by atoms with Crippen LogP contribution < -0.4 is 0 Å². The van der Waals surface area contributed by atoms with Crippen LogP contribution in [0, 0.1) is 0 Å². The van der Waals surface area contributed by atoms with E-state index in [9.17, 15) is 4.79 Å². The fourth-order valence-corrected chi connectivity index (χ4v) is 4.72. The number of aliphatic hydroxyl groups excluding tert-OH is 2. The molecule has 0 aliphatic heterocycles. The maximum atomic E-state index is 11.5. The van der Waals surface area contributed by atoms with Gasteiger partial charge < -0.3 is 14.9 Å². The third kappa shape index (κ3) is 29.5. The first-order valence-corrected chi connectivity index (χ1v) is 15.6. The molecule has 0 fully saturated rings. The molecular formula is C31H62O4. The normalized spacial score (nSPS) is 12.2. The summed E-state index contributed by atoms with van der Waals surface area (Å²) in [6, 6.07) is 0. The van der Waals surface area contributed by atoms with E-state index in [0.29, 0.717) is 6.42 Å². The molecule has 0 aromatic heterocycles. The first kappa shape index (κ1) is 34.4. The van der Waals surface area contributed by atoms with E-state index in [2.05, 4.69) is 6.92 Å². The van der Waals surface area contributed by atoms with Gasteiger partial charge in [0.2, 0.25) is 0 Å². The van der Waals surface area contributed by atoms with Crippen molar-refractivity contribution in [1.82, 2.24) is 0 Å². The Bertz CT molecular complexity index is 413. The predicted octanol–water partition coefficient (Wildman–Crippen LogP) is 9.05. The number of esters is 1. The minimum Gasteiger partial charge on any atom is -0.463 e. The molecule has 0 aromatic carbocycles. The molecule has 35 heavy (non-hydrogen) atoms. The minimum atomic E-state index is -0.956. The van der Waals surface area contributed by atoms with Crippen LogP contribution in [0.4, 0.5) is 0 Å². The average molecular weight is 499 g/mol. The second-order valence-corrected chi connectivity index (χ2v) is 10.8. The highest BCUT2D eigenvalue weighted by Gasteiger charge is 2.07. The molecule has 0 bridgehead atoms. The third-order valence-corrected chi connectivity index (χ3v) is 7.13. The van der Waals surface area contributed by atoms with Crippen molar-refractivity contribution in [2.75, 3.05) is 13.2 Å². The topological polar surface area (TPSA) is 66.8 Å². The number of aliphatic hydroxyl groups is 2. The van der Waals surface area contributed by atoms with E-state index in [1.165, 1.54) is 148 Å². The SMILES string of the molecule is CCCCCCCCCCCCCCCCCCCCCCCCCCCC(=O)OCC(O)CO. The Morgan fingerprint density at radius 2 is 0.829 bits per heavy atom. The van der Waals surface area contributed by atoms with E-state index in [1.54, 1.807) is 0 Å². The van der Waals surface area contributed by atoms with Crippen LogP contribution in [0.3, 0.4) is 0 Å². The van der Waals surface area contributed by atoms with Crippen LogP contribution in [0.2, 0.25) is 0 Å². The van der Waals surface area contributed by atoms with Crippen LogP contribution in [-0.4, -0.2) is 35.5 Å². The summed E-state index contributed by atoms with van der Waals surface area (Å²) in [6.45, 7) is 1.82. The van der Waals surface area contributed by atoms with Crippen molar-refractivity contribution in [1.29, 1.82) is 0 Å². The molecule has 2 N–H and O–H groups in total. The summed E-state index contributed by atoms with van der Waals surface area (Å²) in [6.07, 6.45) is 33.7. The van der Waals surface area contributed by atoms with Crippen LogP contribution in [0.1, 0.15) is 174 Å². The molecular weight excluding hydrogens is 436 g/mol. The first-order valence-electron chi connectivity index (χ1n) is 15.6. The van der Waals surface area contributed by atoms with E-state index < -0.39 is 6.10 Å². The van der Waals surface area contributed by atoms with E-state index in [-0.39, 0.29) is 19.2 Å². The molecule has 1 unspecified atom stereocenters. The number of carbonyl (C=O) groups excluding carboxylic acids is 1. The number of hydrogen-bond acceptors (Lipinski definition) is 4. The fraction of sp³-hybridized carbons (Fsp3) is 0.968. The summed E-state index contributed by atoms with van der Waals surface area (Å²) in [5, 5.41) is 17.8. The molecule has 0 aliphatic carbocycles. The second kappa shape index (κ2) is 29.6. The monoisotopic (exact) mass is 498 g/mol. The molecule has 0 heterocycles. The Kier molecular flexibility index (Phi) is 29.1. The molecule has 4 nitrogen and oxygen atoms in total. The van der Waals surface area contributed by atoms with Crippen molar-refractivity contribution in [3.63, 3.8) is 0 Å². The summed E-state index contributed by atoms with van der Waals surface area (Å²) >= 11 is 0. The zero-order valence-corrected chi connectivity index (χ0v) is 23.6. The smallest absolute Gasteiger partial charge is 0.305 e. The molecule has 0 aromatic rings. The largest absolute Gasteiger partial charge is 0.463 e. The highest BCUT2D eigenvalue weighted by Crippen LogP contribution is 2.16. The van der Waals surface area contributed by atoms with Gasteiger partial charge in [0.05, 0.1) is 6.61 Å². The molecule has 4 heteroatoms. The van der Waals surface area contributed by atoms with Crippen molar-refractivity contribution >= 4 is 5.97 Å². The van der Waals surface area contributed by atoms with Crippen molar-refractivity contribution in [2.24, 2.45) is 0 Å². The van der Waals surface area contributed by atoms with Crippen molar-refractivity contribution in [3.05, 3.63) is 0 Å². The lowest BCUT2D eigenvalue weighted by molar-refractivity contribution is -0.147. The molecule has 0 aliphatic rings. The first-order chi connectivity index (χ1) is 17.2. The highest BCUT2D eigenvalue weighted by atomic mass is 16.5. The molecule has 0 radical (unpaired) electrons. The maximum Gasteiger partial charge on any atom is 0.305 e. The average Bonchev–Trinajstić information content (AvgIpc) is 2.87. The Morgan fingerprint density at radius 3 is 1.11 bits per heavy atom. The van der Waals surface area contributed by atoms with Gasteiger partial charge in [0.1, 0.15) is 12.7 Å². The Morgan fingerprint density at radius 1 is 0.543 bits per heavy atom. The van der Waals surface area contributed by atoms with Crippen molar-refractivity contribution in [3.8, 4) is 0 Å². The van der Waals surface area contributed by atoms with Gasteiger partial charge in [-0.1, -0.05) is 161 Å².